The Hall–Kier alpha value is -0.120. The Morgan fingerprint density at radius 2 is 2.60 bits per heavy atom. The molecule has 10 heavy (non-hydrogen) atoms. The monoisotopic (exact) mass is 177 g/mol. The van der Waals surface area contributed by atoms with E-state index in [4.69, 9.17) is 11.6 Å². The first-order valence-electron chi connectivity index (χ1n) is 2.98. The van der Waals surface area contributed by atoms with Crippen LogP contribution in [0.5, 0.6) is 0 Å². The van der Waals surface area contributed by atoms with E-state index in [0.717, 1.165) is 5.01 Å². The highest BCUT2D eigenvalue weighted by Crippen LogP contribution is 2.18. The molecule has 1 unspecified atom stereocenters. The third-order valence-electron chi connectivity index (χ3n) is 1.12. The zero-order valence-electron chi connectivity index (χ0n) is 5.33. The molecular weight excluding hydrogens is 170 g/mol. The average molecular weight is 178 g/mol. The number of aliphatic hydroxyl groups excluding tert-OH is 1. The SMILES string of the molecule is OC(CCCl)c1nccs1. The second kappa shape index (κ2) is 3.91. The van der Waals surface area contributed by atoms with Crippen molar-refractivity contribution in [3.8, 4) is 0 Å². The second-order valence-electron chi connectivity index (χ2n) is 1.86. The molecule has 1 N–H and O–H groups in total. The van der Waals surface area contributed by atoms with Gasteiger partial charge < -0.3 is 5.11 Å². The topological polar surface area (TPSA) is 33.1 Å². The first-order valence-corrected chi connectivity index (χ1v) is 4.39. The summed E-state index contributed by atoms with van der Waals surface area (Å²) in [6.45, 7) is 0. The summed E-state index contributed by atoms with van der Waals surface area (Å²) in [4.78, 5) is 3.94. The van der Waals surface area contributed by atoms with E-state index in [9.17, 15) is 5.11 Å². The van der Waals surface area contributed by atoms with Crippen molar-refractivity contribution in [1.29, 1.82) is 0 Å². The number of hydrogen-bond acceptors (Lipinski definition) is 3. The van der Waals surface area contributed by atoms with Crippen LogP contribution < -0.4 is 0 Å². The largest absolute Gasteiger partial charge is 0.386 e. The Kier molecular flexibility index (Phi) is 3.12. The summed E-state index contributed by atoms with van der Waals surface area (Å²) in [7, 11) is 0. The van der Waals surface area contributed by atoms with Gasteiger partial charge in [0.25, 0.3) is 0 Å². The van der Waals surface area contributed by atoms with E-state index >= 15 is 0 Å². The first-order chi connectivity index (χ1) is 4.84. The number of thiazole rings is 1. The van der Waals surface area contributed by atoms with Gasteiger partial charge in [-0.25, -0.2) is 4.98 Å². The minimum absolute atomic E-state index is 0.473. The lowest BCUT2D eigenvalue weighted by Crippen LogP contribution is -1.96. The van der Waals surface area contributed by atoms with Gasteiger partial charge in [-0.15, -0.1) is 22.9 Å². The van der Waals surface area contributed by atoms with Crippen molar-refractivity contribution >= 4 is 22.9 Å². The van der Waals surface area contributed by atoms with Gasteiger partial charge >= 0.3 is 0 Å². The van der Waals surface area contributed by atoms with Crippen LogP contribution in [0.25, 0.3) is 0 Å². The highest BCUT2D eigenvalue weighted by atomic mass is 35.5. The number of aliphatic hydroxyl groups is 1. The molecule has 0 fully saturated rings. The van der Waals surface area contributed by atoms with E-state index < -0.39 is 6.10 Å². The fourth-order valence-corrected chi connectivity index (χ4v) is 1.49. The molecule has 0 aromatic carbocycles. The van der Waals surface area contributed by atoms with Gasteiger partial charge in [-0.3, -0.25) is 0 Å². The van der Waals surface area contributed by atoms with Crippen molar-refractivity contribution in [1.82, 2.24) is 4.98 Å². The van der Waals surface area contributed by atoms with Crippen LogP contribution in [0.3, 0.4) is 0 Å². The number of nitrogens with zero attached hydrogens (tertiary/aromatic N) is 1. The first kappa shape index (κ1) is 7.98. The third-order valence-corrected chi connectivity index (χ3v) is 2.21. The fraction of sp³-hybridized carbons (Fsp3) is 0.500. The maximum Gasteiger partial charge on any atom is 0.121 e. The lowest BCUT2D eigenvalue weighted by Gasteiger charge is -2.02. The Morgan fingerprint density at radius 1 is 1.80 bits per heavy atom. The number of halogens is 1. The van der Waals surface area contributed by atoms with Gasteiger partial charge in [0.1, 0.15) is 11.1 Å². The normalized spacial score (nSPS) is 13.4. The maximum atomic E-state index is 9.27. The minimum atomic E-state index is -0.475. The third kappa shape index (κ3) is 1.94. The van der Waals surface area contributed by atoms with Crippen molar-refractivity contribution < 1.29 is 5.11 Å². The van der Waals surface area contributed by atoms with Crippen LogP contribution in [0, 0.1) is 0 Å². The molecule has 4 heteroatoms. The molecule has 0 amide bonds. The molecule has 0 radical (unpaired) electrons. The molecule has 0 aliphatic rings. The van der Waals surface area contributed by atoms with Gasteiger partial charge in [-0.1, -0.05) is 0 Å². The molecule has 1 rings (SSSR count). The maximum absolute atomic E-state index is 9.27. The van der Waals surface area contributed by atoms with E-state index in [0.29, 0.717) is 12.3 Å². The fourth-order valence-electron chi connectivity index (χ4n) is 0.626. The molecule has 0 spiro atoms. The highest BCUT2D eigenvalue weighted by Gasteiger charge is 2.07. The molecule has 1 atom stereocenters. The van der Waals surface area contributed by atoms with Gasteiger partial charge in [0.2, 0.25) is 0 Å². The summed E-state index contributed by atoms with van der Waals surface area (Å²) >= 11 is 6.88. The number of alkyl halides is 1. The molecule has 0 aliphatic carbocycles. The lowest BCUT2D eigenvalue weighted by molar-refractivity contribution is 0.174. The van der Waals surface area contributed by atoms with Gasteiger partial charge in [0.05, 0.1) is 0 Å². The van der Waals surface area contributed by atoms with Crippen LogP contribution in [0.2, 0.25) is 0 Å². The Labute approximate surface area is 68.5 Å². The standard InChI is InChI=1S/C6H8ClNOS/c7-2-1-5(9)6-8-3-4-10-6/h3-5,9H,1-2H2. The van der Waals surface area contributed by atoms with Gasteiger partial charge in [-0.05, 0) is 6.42 Å². The van der Waals surface area contributed by atoms with Gasteiger partial charge in [-0.2, -0.15) is 0 Å². The summed E-state index contributed by atoms with van der Waals surface area (Å²) in [6, 6.07) is 0. The van der Waals surface area contributed by atoms with Crippen molar-refractivity contribution in [3.05, 3.63) is 16.6 Å². The molecule has 1 heterocycles. The zero-order valence-corrected chi connectivity index (χ0v) is 6.90. The van der Waals surface area contributed by atoms with Crippen molar-refractivity contribution in [2.24, 2.45) is 0 Å². The zero-order chi connectivity index (χ0) is 7.40. The minimum Gasteiger partial charge on any atom is -0.386 e. The average Bonchev–Trinajstić information content (AvgIpc) is 2.38. The van der Waals surface area contributed by atoms with Crippen LogP contribution in [-0.4, -0.2) is 16.0 Å². The second-order valence-corrected chi connectivity index (χ2v) is 3.17. The smallest absolute Gasteiger partial charge is 0.121 e. The van der Waals surface area contributed by atoms with Crippen LogP contribution in [0.15, 0.2) is 11.6 Å². The molecule has 1 aromatic rings. The lowest BCUT2D eigenvalue weighted by atomic mass is 10.3. The van der Waals surface area contributed by atoms with Gasteiger partial charge in [0, 0.05) is 17.5 Å². The Morgan fingerprint density at radius 3 is 3.10 bits per heavy atom. The van der Waals surface area contributed by atoms with E-state index in [2.05, 4.69) is 4.98 Å². The molecule has 2 nitrogen and oxygen atoms in total. The van der Waals surface area contributed by atoms with Crippen LogP contribution in [0.4, 0.5) is 0 Å². The van der Waals surface area contributed by atoms with Crippen molar-refractivity contribution in [3.63, 3.8) is 0 Å². The van der Waals surface area contributed by atoms with Crippen LogP contribution in [0.1, 0.15) is 17.5 Å². The highest BCUT2D eigenvalue weighted by molar-refractivity contribution is 7.09. The quantitative estimate of drug-likeness (QED) is 0.715. The summed E-state index contributed by atoms with van der Waals surface area (Å²) in [5.74, 6) is 0.473. The van der Waals surface area contributed by atoms with Crippen LogP contribution in [-0.2, 0) is 0 Å². The van der Waals surface area contributed by atoms with Crippen molar-refractivity contribution in [2.75, 3.05) is 5.88 Å². The molecule has 0 saturated carbocycles. The van der Waals surface area contributed by atoms with E-state index in [1.165, 1.54) is 11.3 Å². The van der Waals surface area contributed by atoms with E-state index in [1.54, 1.807) is 6.20 Å². The molecule has 0 saturated heterocycles. The molecule has 0 aliphatic heterocycles. The van der Waals surface area contributed by atoms with E-state index in [1.807, 2.05) is 5.38 Å². The predicted molar refractivity (Wildman–Crippen MR) is 42.4 cm³/mol. The summed E-state index contributed by atoms with van der Waals surface area (Å²) in [5.41, 5.74) is 0. The molecule has 0 bridgehead atoms. The summed E-state index contributed by atoms with van der Waals surface area (Å²) in [5, 5.41) is 11.9. The number of hydrogen-bond donors (Lipinski definition) is 1. The molecule has 1 aromatic heterocycles. The Balaban J connectivity index is 2.50. The van der Waals surface area contributed by atoms with Crippen molar-refractivity contribution in [2.45, 2.75) is 12.5 Å². The number of aromatic nitrogens is 1. The summed E-state index contributed by atoms with van der Waals surface area (Å²) in [6.07, 6.45) is 1.78. The van der Waals surface area contributed by atoms with Crippen LogP contribution >= 0.6 is 22.9 Å². The van der Waals surface area contributed by atoms with E-state index in [-0.39, 0.29) is 0 Å². The summed E-state index contributed by atoms with van der Waals surface area (Å²) < 4.78 is 0. The molecular formula is C6H8ClNOS. The molecule has 56 valence electrons. The predicted octanol–water partition coefficient (Wildman–Crippen LogP) is 1.81. The Bertz CT molecular complexity index is 178. The van der Waals surface area contributed by atoms with Gasteiger partial charge in [0.15, 0.2) is 0 Å². The number of rotatable bonds is 3.